The SMILES string of the molecule is CCS(=O)(=O)NCCS(=O)(=O)NCC(CC(C)C)C(=O)O. The van der Waals surface area contributed by atoms with E-state index in [1.807, 2.05) is 13.8 Å². The summed E-state index contributed by atoms with van der Waals surface area (Å²) in [5.41, 5.74) is 0. The minimum absolute atomic E-state index is 0.129. The molecule has 0 heterocycles. The molecule has 0 aliphatic heterocycles. The van der Waals surface area contributed by atoms with Gasteiger partial charge in [0.15, 0.2) is 0 Å². The molecule has 1 unspecified atom stereocenters. The lowest BCUT2D eigenvalue weighted by molar-refractivity contribution is -0.142. The van der Waals surface area contributed by atoms with E-state index in [1.54, 1.807) is 0 Å². The highest BCUT2D eigenvalue weighted by atomic mass is 32.2. The van der Waals surface area contributed by atoms with E-state index in [0.717, 1.165) is 0 Å². The maximum Gasteiger partial charge on any atom is 0.307 e. The molecule has 0 saturated heterocycles. The fourth-order valence-corrected chi connectivity index (χ4v) is 3.29. The summed E-state index contributed by atoms with van der Waals surface area (Å²) < 4.78 is 50.0. The summed E-state index contributed by atoms with van der Waals surface area (Å²) in [7, 11) is -7.16. The second kappa shape index (κ2) is 8.66. The maximum absolute atomic E-state index is 11.7. The number of carboxylic acid groups (broad SMARTS) is 1. The highest BCUT2D eigenvalue weighted by Gasteiger charge is 2.21. The summed E-state index contributed by atoms with van der Waals surface area (Å²) in [6.07, 6.45) is 0.361. The third-order valence-electron chi connectivity index (χ3n) is 2.73. The first-order chi connectivity index (χ1) is 9.49. The van der Waals surface area contributed by atoms with Gasteiger partial charge in [-0.2, -0.15) is 0 Å². The molecule has 8 nitrogen and oxygen atoms in total. The lowest BCUT2D eigenvalue weighted by atomic mass is 9.98. The quantitative estimate of drug-likeness (QED) is 0.467. The second-order valence-electron chi connectivity index (χ2n) is 5.13. The van der Waals surface area contributed by atoms with Gasteiger partial charge in [-0.3, -0.25) is 4.79 Å². The monoisotopic (exact) mass is 344 g/mol. The Bertz CT molecular complexity index is 527. The Morgan fingerprint density at radius 3 is 2.10 bits per heavy atom. The van der Waals surface area contributed by atoms with Crippen molar-refractivity contribution in [2.45, 2.75) is 27.2 Å². The lowest BCUT2D eigenvalue weighted by Gasteiger charge is -2.15. The molecule has 21 heavy (non-hydrogen) atoms. The van der Waals surface area contributed by atoms with Gasteiger partial charge in [0.2, 0.25) is 20.0 Å². The fourth-order valence-electron chi connectivity index (χ4n) is 1.57. The Kier molecular flexibility index (Phi) is 8.37. The van der Waals surface area contributed by atoms with Crippen molar-refractivity contribution in [2.75, 3.05) is 24.6 Å². The van der Waals surface area contributed by atoms with E-state index in [4.69, 9.17) is 5.11 Å². The fraction of sp³-hybridized carbons (Fsp3) is 0.909. The molecule has 0 aromatic heterocycles. The molecule has 1 atom stereocenters. The van der Waals surface area contributed by atoms with Crippen LogP contribution in [0.4, 0.5) is 0 Å². The molecule has 3 N–H and O–H groups in total. The van der Waals surface area contributed by atoms with Crippen LogP contribution in [0.25, 0.3) is 0 Å². The minimum Gasteiger partial charge on any atom is -0.481 e. The number of carboxylic acids is 1. The van der Waals surface area contributed by atoms with Gasteiger partial charge in [0, 0.05) is 13.1 Å². The molecule has 0 aromatic carbocycles. The lowest BCUT2D eigenvalue weighted by Crippen LogP contribution is -2.38. The van der Waals surface area contributed by atoms with Crippen LogP contribution in [0.15, 0.2) is 0 Å². The van der Waals surface area contributed by atoms with Gasteiger partial charge in [-0.25, -0.2) is 26.3 Å². The molecule has 0 fully saturated rings. The first-order valence-corrected chi connectivity index (χ1v) is 9.97. The average Bonchev–Trinajstić information content (AvgIpc) is 2.33. The molecule has 10 heteroatoms. The smallest absolute Gasteiger partial charge is 0.307 e. The summed E-state index contributed by atoms with van der Waals surface area (Å²) in [4.78, 5) is 11.0. The molecular formula is C11H24N2O6S2. The van der Waals surface area contributed by atoms with Crippen molar-refractivity contribution in [3.63, 3.8) is 0 Å². The maximum atomic E-state index is 11.7. The molecule has 0 aliphatic rings. The molecule has 0 bridgehead atoms. The zero-order valence-electron chi connectivity index (χ0n) is 12.5. The number of carbonyl (C=O) groups is 1. The molecular weight excluding hydrogens is 320 g/mol. The third kappa shape index (κ3) is 9.77. The Balaban J connectivity index is 4.37. The predicted octanol–water partition coefficient (Wildman–Crippen LogP) is -0.408. The highest BCUT2D eigenvalue weighted by molar-refractivity contribution is 7.90. The van der Waals surface area contributed by atoms with E-state index in [2.05, 4.69) is 9.44 Å². The van der Waals surface area contributed by atoms with E-state index in [9.17, 15) is 21.6 Å². The molecule has 0 rings (SSSR count). The highest BCUT2D eigenvalue weighted by Crippen LogP contribution is 2.11. The number of sulfonamides is 2. The topological polar surface area (TPSA) is 130 Å². The van der Waals surface area contributed by atoms with E-state index in [1.165, 1.54) is 6.92 Å². The number of hydrogen-bond acceptors (Lipinski definition) is 5. The molecule has 0 amide bonds. The second-order valence-corrected chi connectivity index (χ2v) is 9.15. The van der Waals surface area contributed by atoms with E-state index in [0.29, 0.717) is 6.42 Å². The van der Waals surface area contributed by atoms with Gasteiger partial charge in [0.25, 0.3) is 0 Å². The van der Waals surface area contributed by atoms with E-state index < -0.39 is 37.7 Å². The van der Waals surface area contributed by atoms with Crippen LogP contribution in [-0.2, 0) is 24.8 Å². The Morgan fingerprint density at radius 1 is 1.10 bits per heavy atom. The van der Waals surface area contributed by atoms with Crippen LogP contribution in [-0.4, -0.2) is 52.5 Å². The molecule has 0 radical (unpaired) electrons. The van der Waals surface area contributed by atoms with Crippen molar-refractivity contribution in [3.8, 4) is 0 Å². The standard InChI is InChI=1S/C11H24N2O6S2/c1-4-20(16,17)12-5-6-21(18,19)13-8-10(11(14)15)7-9(2)3/h9-10,12-13H,4-8H2,1-3H3,(H,14,15). The molecule has 126 valence electrons. The molecule has 0 spiro atoms. The van der Waals surface area contributed by atoms with Crippen LogP contribution < -0.4 is 9.44 Å². The van der Waals surface area contributed by atoms with Crippen LogP contribution in [0.3, 0.4) is 0 Å². The van der Waals surface area contributed by atoms with Crippen molar-refractivity contribution in [1.82, 2.24) is 9.44 Å². The number of aliphatic carboxylic acids is 1. The number of rotatable bonds is 11. The van der Waals surface area contributed by atoms with Gasteiger partial charge in [-0.15, -0.1) is 0 Å². The van der Waals surface area contributed by atoms with E-state index >= 15 is 0 Å². The van der Waals surface area contributed by atoms with Gasteiger partial charge in [0.1, 0.15) is 0 Å². The summed E-state index contributed by atoms with van der Waals surface area (Å²) in [6, 6.07) is 0. The zero-order chi connectivity index (χ0) is 16.7. The van der Waals surface area contributed by atoms with Gasteiger partial charge in [0.05, 0.1) is 17.4 Å². The van der Waals surface area contributed by atoms with Gasteiger partial charge < -0.3 is 5.11 Å². The van der Waals surface area contributed by atoms with Crippen molar-refractivity contribution in [2.24, 2.45) is 11.8 Å². The molecule has 0 saturated carbocycles. The summed E-state index contributed by atoms with van der Waals surface area (Å²) in [5, 5.41) is 9.01. The normalized spacial score (nSPS) is 14.3. The first kappa shape index (κ1) is 20.3. The van der Waals surface area contributed by atoms with Crippen LogP contribution in [0.5, 0.6) is 0 Å². The van der Waals surface area contributed by atoms with Crippen LogP contribution in [0, 0.1) is 11.8 Å². The van der Waals surface area contributed by atoms with Crippen LogP contribution >= 0.6 is 0 Å². The summed E-state index contributed by atoms with van der Waals surface area (Å²) >= 11 is 0. The van der Waals surface area contributed by atoms with Crippen molar-refractivity contribution < 1.29 is 26.7 Å². The van der Waals surface area contributed by atoms with Gasteiger partial charge >= 0.3 is 5.97 Å². The van der Waals surface area contributed by atoms with Gasteiger partial charge in [-0.05, 0) is 19.3 Å². The van der Waals surface area contributed by atoms with Crippen molar-refractivity contribution in [3.05, 3.63) is 0 Å². The van der Waals surface area contributed by atoms with Crippen molar-refractivity contribution >= 4 is 26.0 Å². The third-order valence-corrected chi connectivity index (χ3v) is 5.48. The number of hydrogen-bond donors (Lipinski definition) is 3. The van der Waals surface area contributed by atoms with E-state index in [-0.39, 0.29) is 24.8 Å². The first-order valence-electron chi connectivity index (χ1n) is 6.66. The van der Waals surface area contributed by atoms with Crippen LogP contribution in [0.2, 0.25) is 0 Å². The average molecular weight is 344 g/mol. The summed E-state index contributed by atoms with van der Waals surface area (Å²) in [5.74, 6) is -2.28. The predicted molar refractivity (Wildman–Crippen MR) is 79.8 cm³/mol. The zero-order valence-corrected chi connectivity index (χ0v) is 14.1. The Hall–Kier alpha value is -0.710. The van der Waals surface area contributed by atoms with Gasteiger partial charge in [-0.1, -0.05) is 13.8 Å². The van der Waals surface area contributed by atoms with Crippen LogP contribution in [0.1, 0.15) is 27.2 Å². The summed E-state index contributed by atoms with van der Waals surface area (Å²) in [6.45, 7) is 4.70. The van der Waals surface area contributed by atoms with Crippen molar-refractivity contribution in [1.29, 1.82) is 0 Å². The Labute approximate surface area is 126 Å². The number of nitrogens with one attached hydrogen (secondary N) is 2. The Morgan fingerprint density at radius 2 is 1.67 bits per heavy atom. The molecule has 0 aliphatic carbocycles. The minimum atomic E-state index is -3.72. The largest absolute Gasteiger partial charge is 0.481 e. The molecule has 0 aromatic rings.